The van der Waals surface area contributed by atoms with E-state index in [1.54, 1.807) is 0 Å². The first kappa shape index (κ1) is 13.5. The lowest BCUT2D eigenvalue weighted by atomic mass is 10.1. The number of nitrogens with one attached hydrogen (secondary N) is 1. The van der Waals surface area contributed by atoms with Crippen molar-refractivity contribution in [3.63, 3.8) is 0 Å². The molecule has 2 rings (SSSR count). The van der Waals surface area contributed by atoms with Crippen LogP contribution < -0.4 is 4.74 Å². The van der Waals surface area contributed by atoms with E-state index in [0.29, 0.717) is 0 Å². The number of ether oxygens (including phenoxy) is 1. The minimum atomic E-state index is -4.48. The Kier molecular flexibility index (Phi) is 3.52. The molecule has 100 valence electrons. The molecule has 0 bridgehead atoms. The van der Waals surface area contributed by atoms with Crippen LogP contribution in [0.4, 0.5) is 13.2 Å². The van der Waals surface area contributed by atoms with E-state index in [1.807, 2.05) is 0 Å². The van der Waals surface area contributed by atoms with Gasteiger partial charge in [-0.3, -0.25) is 4.98 Å². The lowest BCUT2D eigenvalue weighted by Gasteiger charge is -2.12. The van der Waals surface area contributed by atoms with Gasteiger partial charge in [-0.05, 0) is 18.3 Å². The Labute approximate surface area is 111 Å². The summed E-state index contributed by atoms with van der Waals surface area (Å²) in [6, 6.07) is 5.07. The standard InChI is InChI=1S/C11H8F3N3OS/c1-18-9-15-8(16-10(19)17-9)6-4-2-3-5-7(6)11(12,13)14/h2-5H,1H3,(H,15,16,17,19). The van der Waals surface area contributed by atoms with Gasteiger partial charge >= 0.3 is 6.18 Å². The van der Waals surface area contributed by atoms with Crippen LogP contribution in [-0.4, -0.2) is 22.1 Å². The molecule has 1 heterocycles. The maximum Gasteiger partial charge on any atom is 0.417 e. The average molecular weight is 287 g/mol. The molecule has 8 heteroatoms. The van der Waals surface area contributed by atoms with Gasteiger partial charge in [0.2, 0.25) is 4.77 Å². The van der Waals surface area contributed by atoms with Gasteiger partial charge in [0.15, 0.2) is 0 Å². The van der Waals surface area contributed by atoms with Crippen LogP contribution in [0.3, 0.4) is 0 Å². The van der Waals surface area contributed by atoms with Crippen LogP contribution in [0.2, 0.25) is 0 Å². The molecular weight excluding hydrogens is 279 g/mol. The molecule has 0 aliphatic carbocycles. The van der Waals surface area contributed by atoms with E-state index in [9.17, 15) is 13.2 Å². The molecule has 0 fully saturated rings. The minimum Gasteiger partial charge on any atom is -0.468 e. The first-order valence-electron chi connectivity index (χ1n) is 5.11. The van der Waals surface area contributed by atoms with Crippen molar-refractivity contribution in [2.75, 3.05) is 7.11 Å². The first-order valence-corrected chi connectivity index (χ1v) is 5.51. The molecule has 1 N–H and O–H groups in total. The average Bonchev–Trinajstić information content (AvgIpc) is 2.37. The van der Waals surface area contributed by atoms with Crippen LogP contribution in [0.5, 0.6) is 6.01 Å². The summed E-state index contributed by atoms with van der Waals surface area (Å²) in [5, 5.41) is 0. The molecule has 0 radical (unpaired) electrons. The molecule has 19 heavy (non-hydrogen) atoms. The third-order valence-corrected chi connectivity index (χ3v) is 2.49. The Morgan fingerprint density at radius 3 is 2.53 bits per heavy atom. The Hall–Kier alpha value is -1.96. The molecule has 2 aromatic rings. The third-order valence-electron chi connectivity index (χ3n) is 2.31. The molecule has 0 spiro atoms. The summed E-state index contributed by atoms with van der Waals surface area (Å²) in [5.41, 5.74) is -0.914. The number of hydrogen-bond donors (Lipinski definition) is 1. The topological polar surface area (TPSA) is 50.8 Å². The van der Waals surface area contributed by atoms with E-state index in [4.69, 9.17) is 17.0 Å². The molecule has 0 saturated carbocycles. The molecule has 0 saturated heterocycles. The second kappa shape index (κ2) is 4.96. The minimum absolute atomic E-state index is 0.00646. The van der Waals surface area contributed by atoms with Crippen molar-refractivity contribution in [3.05, 3.63) is 34.6 Å². The van der Waals surface area contributed by atoms with Crippen LogP contribution >= 0.6 is 12.2 Å². The molecule has 1 aromatic carbocycles. The Morgan fingerprint density at radius 2 is 1.89 bits per heavy atom. The van der Waals surface area contributed by atoms with Crippen LogP contribution in [0.25, 0.3) is 11.4 Å². The van der Waals surface area contributed by atoms with E-state index in [1.165, 1.54) is 25.3 Å². The van der Waals surface area contributed by atoms with E-state index < -0.39 is 11.7 Å². The van der Waals surface area contributed by atoms with Crippen LogP contribution in [0, 0.1) is 4.77 Å². The zero-order valence-electron chi connectivity index (χ0n) is 9.65. The van der Waals surface area contributed by atoms with Crippen molar-refractivity contribution in [2.45, 2.75) is 6.18 Å². The Morgan fingerprint density at radius 1 is 1.21 bits per heavy atom. The van der Waals surface area contributed by atoms with Gasteiger partial charge in [0.1, 0.15) is 5.82 Å². The van der Waals surface area contributed by atoms with Gasteiger partial charge in [-0.1, -0.05) is 18.2 Å². The fourth-order valence-corrected chi connectivity index (χ4v) is 1.70. The van der Waals surface area contributed by atoms with Gasteiger partial charge in [-0.15, -0.1) is 0 Å². The number of rotatable bonds is 2. The van der Waals surface area contributed by atoms with Crippen LogP contribution in [-0.2, 0) is 6.18 Å². The predicted octanol–water partition coefficient (Wildman–Crippen LogP) is 3.23. The Balaban J connectivity index is 2.66. The highest BCUT2D eigenvalue weighted by Crippen LogP contribution is 2.35. The fraction of sp³-hybridized carbons (Fsp3) is 0.182. The van der Waals surface area contributed by atoms with E-state index in [2.05, 4.69) is 15.0 Å². The van der Waals surface area contributed by atoms with Gasteiger partial charge in [-0.25, -0.2) is 4.98 Å². The predicted molar refractivity (Wildman–Crippen MR) is 64.2 cm³/mol. The third kappa shape index (κ3) is 2.90. The van der Waals surface area contributed by atoms with Crippen LogP contribution in [0.1, 0.15) is 5.56 Å². The number of aromatic amines is 1. The molecule has 4 nitrogen and oxygen atoms in total. The zero-order chi connectivity index (χ0) is 14.0. The number of methoxy groups -OCH3 is 1. The number of nitrogens with zero attached hydrogens (tertiary/aromatic N) is 2. The largest absolute Gasteiger partial charge is 0.468 e. The highest BCUT2D eigenvalue weighted by Gasteiger charge is 2.33. The molecule has 1 aromatic heterocycles. The van der Waals surface area contributed by atoms with Gasteiger partial charge < -0.3 is 4.74 Å². The zero-order valence-corrected chi connectivity index (χ0v) is 10.5. The summed E-state index contributed by atoms with van der Waals surface area (Å²) in [4.78, 5) is 10.1. The Bertz CT molecular complexity index is 654. The quantitative estimate of drug-likeness (QED) is 0.862. The van der Waals surface area contributed by atoms with Gasteiger partial charge in [0, 0.05) is 5.56 Å². The van der Waals surface area contributed by atoms with Crippen molar-refractivity contribution < 1.29 is 17.9 Å². The van der Waals surface area contributed by atoms with Crippen molar-refractivity contribution in [1.82, 2.24) is 15.0 Å². The number of aromatic nitrogens is 3. The van der Waals surface area contributed by atoms with Crippen molar-refractivity contribution in [1.29, 1.82) is 0 Å². The highest BCUT2D eigenvalue weighted by atomic mass is 32.1. The number of H-pyrrole nitrogens is 1. The lowest BCUT2D eigenvalue weighted by molar-refractivity contribution is -0.137. The van der Waals surface area contributed by atoms with Crippen LogP contribution in [0.15, 0.2) is 24.3 Å². The smallest absolute Gasteiger partial charge is 0.417 e. The van der Waals surface area contributed by atoms with Gasteiger partial charge in [0.25, 0.3) is 6.01 Å². The van der Waals surface area contributed by atoms with E-state index in [-0.39, 0.29) is 22.2 Å². The van der Waals surface area contributed by atoms with E-state index >= 15 is 0 Å². The number of alkyl halides is 3. The summed E-state index contributed by atoms with van der Waals surface area (Å²) in [6.07, 6.45) is -4.48. The fourth-order valence-electron chi connectivity index (χ4n) is 1.53. The molecule has 0 unspecified atom stereocenters. The number of benzene rings is 1. The summed E-state index contributed by atoms with van der Waals surface area (Å²) in [5.74, 6) is -0.0372. The van der Waals surface area contributed by atoms with Crippen molar-refractivity contribution in [2.24, 2.45) is 0 Å². The van der Waals surface area contributed by atoms with Crippen molar-refractivity contribution in [3.8, 4) is 17.4 Å². The summed E-state index contributed by atoms with van der Waals surface area (Å²) in [6.45, 7) is 0. The molecule has 0 amide bonds. The second-order valence-corrected chi connectivity index (χ2v) is 3.90. The van der Waals surface area contributed by atoms with Gasteiger partial charge in [-0.2, -0.15) is 18.2 Å². The van der Waals surface area contributed by atoms with Gasteiger partial charge in [0.05, 0.1) is 12.7 Å². The maximum absolute atomic E-state index is 12.9. The lowest BCUT2D eigenvalue weighted by Crippen LogP contribution is -2.08. The molecule has 0 aliphatic heterocycles. The van der Waals surface area contributed by atoms with E-state index in [0.717, 1.165) is 6.07 Å². The normalized spacial score (nSPS) is 11.4. The number of halogens is 3. The molecule has 0 aliphatic rings. The highest BCUT2D eigenvalue weighted by molar-refractivity contribution is 7.71. The summed E-state index contributed by atoms with van der Waals surface area (Å²) >= 11 is 4.79. The summed E-state index contributed by atoms with van der Waals surface area (Å²) in [7, 11) is 1.33. The SMILES string of the molecule is COc1nc(=S)nc(-c2ccccc2C(F)(F)F)[nH]1. The van der Waals surface area contributed by atoms with Crippen molar-refractivity contribution >= 4 is 12.2 Å². The molecule has 0 atom stereocenters. The summed E-state index contributed by atoms with van der Waals surface area (Å²) < 4.78 is 43.4. The number of hydrogen-bond acceptors (Lipinski definition) is 4. The maximum atomic E-state index is 12.9. The second-order valence-electron chi connectivity index (χ2n) is 3.53. The first-order chi connectivity index (χ1) is 8.91. The monoisotopic (exact) mass is 287 g/mol. The molecular formula is C11H8F3N3OS.